The van der Waals surface area contributed by atoms with Gasteiger partial charge in [-0.3, -0.25) is 4.79 Å². The van der Waals surface area contributed by atoms with Crippen LogP contribution < -0.4 is 0 Å². The number of piperidine rings is 1. The molecule has 1 atom stereocenters. The minimum absolute atomic E-state index is 0.163. The first kappa shape index (κ1) is 20.3. The highest BCUT2D eigenvalue weighted by molar-refractivity contribution is 5.94. The van der Waals surface area contributed by atoms with Gasteiger partial charge in [0.1, 0.15) is 0 Å². The van der Waals surface area contributed by atoms with Gasteiger partial charge in [-0.15, -0.1) is 0 Å². The summed E-state index contributed by atoms with van der Waals surface area (Å²) in [7, 11) is 0. The van der Waals surface area contributed by atoms with E-state index in [1.165, 1.54) is 31.5 Å². The van der Waals surface area contributed by atoms with Crippen LogP contribution in [0.15, 0.2) is 24.3 Å². The third-order valence-corrected chi connectivity index (χ3v) is 6.45. The second-order valence-corrected chi connectivity index (χ2v) is 9.12. The van der Waals surface area contributed by atoms with Gasteiger partial charge in [0, 0.05) is 24.7 Å². The highest BCUT2D eigenvalue weighted by atomic mass is 16.3. The van der Waals surface area contributed by atoms with Crippen molar-refractivity contribution in [3.8, 4) is 0 Å². The van der Waals surface area contributed by atoms with Crippen LogP contribution in [0.4, 0.5) is 0 Å². The van der Waals surface area contributed by atoms with Gasteiger partial charge in [0.15, 0.2) is 0 Å². The molecular formula is C23H36N2O2. The summed E-state index contributed by atoms with van der Waals surface area (Å²) in [5.74, 6) is 0.882. The molecule has 150 valence electrons. The van der Waals surface area contributed by atoms with Gasteiger partial charge in [0.25, 0.3) is 5.91 Å². The van der Waals surface area contributed by atoms with Gasteiger partial charge >= 0.3 is 0 Å². The first-order valence-corrected chi connectivity index (χ1v) is 10.7. The quantitative estimate of drug-likeness (QED) is 0.827. The molecule has 0 bridgehead atoms. The van der Waals surface area contributed by atoms with Crippen LogP contribution in [-0.4, -0.2) is 58.6 Å². The van der Waals surface area contributed by atoms with Crippen molar-refractivity contribution in [2.45, 2.75) is 70.9 Å². The molecule has 4 heteroatoms. The highest BCUT2D eigenvalue weighted by Crippen LogP contribution is 2.27. The number of nitrogens with zero attached hydrogens (tertiary/aromatic N) is 2. The monoisotopic (exact) mass is 372 g/mol. The lowest BCUT2D eigenvalue weighted by molar-refractivity contribution is 0.0623. The van der Waals surface area contributed by atoms with E-state index >= 15 is 0 Å². The van der Waals surface area contributed by atoms with Crippen molar-refractivity contribution in [2.24, 2.45) is 5.92 Å². The van der Waals surface area contributed by atoms with Crippen molar-refractivity contribution in [1.82, 2.24) is 9.80 Å². The zero-order chi connectivity index (χ0) is 19.4. The summed E-state index contributed by atoms with van der Waals surface area (Å²) in [6, 6.07) is 8.60. The van der Waals surface area contributed by atoms with Crippen LogP contribution in [0, 0.1) is 5.92 Å². The minimum atomic E-state index is -0.648. The largest absolute Gasteiger partial charge is 0.390 e. The van der Waals surface area contributed by atoms with Gasteiger partial charge in [-0.1, -0.05) is 12.1 Å². The van der Waals surface area contributed by atoms with Crippen molar-refractivity contribution in [3.05, 3.63) is 35.4 Å². The Morgan fingerprint density at radius 3 is 2.26 bits per heavy atom. The molecule has 27 heavy (non-hydrogen) atoms. The van der Waals surface area contributed by atoms with E-state index in [0.717, 1.165) is 50.3 Å². The molecule has 0 radical (unpaired) electrons. The Morgan fingerprint density at radius 2 is 1.70 bits per heavy atom. The van der Waals surface area contributed by atoms with Gasteiger partial charge in [-0.25, -0.2) is 0 Å². The molecule has 3 rings (SSSR count). The zero-order valence-corrected chi connectivity index (χ0v) is 17.3. The normalized spacial score (nSPS) is 20.8. The Balaban J connectivity index is 1.50. The summed E-state index contributed by atoms with van der Waals surface area (Å²) in [4.78, 5) is 17.5. The van der Waals surface area contributed by atoms with E-state index in [0.29, 0.717) is 6.04 Å². The maximum atomic E-state index is 12.8. The topological polar surface area (TPSA) is 43.8 Å². The average Bonchev–Trinajstić information content (AvgIpc) is 3.20. The average molecular weight is 373 g/mol. The molecule has 2 aliphatic rings. The van der Waals surface area contributed by atoms with Crippen LogP contribution in [0.5, 0.6) is 0 Å². The van der Waals surface area contributed by atoms with Gasteiger partial charge in [0.2, 0.25) is 0 Å². The highest BCUT2D eigenvalue weighted by Gasteiger charge is 2.30. The van der Waals surface area contributed by atoms with E-state index < -0.39 is 5.60 Å². The van der Waals surface area contributed by atoms with Crippen LogP contribution >= 0.6 is 0 Å². The molecule has 0 spiro atoms. The lowest BCUT2D eigenvalue weighted by Crippen LogP contribution is -2.45. The molecule has 4 nitrogen and oxygen atoms in total. The van der Waals surface area contributed by atoms with Gasteiger partial charge in [0.05, 0.1) is 5.60 Å². The number of benzene rings is 1. The van der Waals surface area contributed by atoms with Crippen molar-refractivity contribution >= 4 is 5.91 Å². The number of amides is 1. The molecule has 0 aromatic heterocycles. The SMILES string of the molecule is C[C@H](C1CCN(C(=O)c2ccc(CCC(C)(C)O)cc2)CC1)N1CCCC1. The van der Waals surface area contributed by atoms with Crippen LogP contribution in [0.25, 0.3) is 0 Å². The smallest absolute Gasteiger partial charge is 0.253 e. The summed E-state index contributed by atoms with van der Waals surface area (Å²) < 4.78 is 0. The molecule has 1 aromatic rings. The summed E-state index contributed by atoms with van der Waals surface area (Å²) in [5, 5.41) is 9.86. The number of carbonyl (C=O) groups excluding carboxylic acids is 1. The fourth-order valence-electron chi connectivity index (χ4n) is 4.48. The van der Waals surface area contributed by atoms with Crippen LogP contribution in [0.3, 0.4) is 0 Å². The number of hydrogen-bond donors (Lipinski definition) is 1. The van der Waals surface area contributed by atoms with Gasteiger partial charge in [-0.05, 0) is 96.0 Å². The van der Waals surface area contributed by atoms with Crippen LogP contribution in [0.1, 0.15) is 68.8 Å². The molecule has 2 aliphatic heterocycles. The second kappa shape index (κ2) is 8.74. The zero-order valence-electron chi connectivity index (χ0n) is 17.3. The molecule has 1 aromatic carbocycles. The Hall–Kier alpha value is -1.39. The summed E-state index contributed by atoms with van der Waals surface area (Å²) >= 11 is 0. The number of hydrogen-bond acceptors (Lipinski definition) is 3. The Bertz CT molecular complexity index is 606. The molecule has 1 amide bonds. The van der Waals surface area contributed by atoms with Crippen molar-refractivity contribution in [3.63, 3.8) is 0 Å². The predicted octanol–water partition coefficient (Wildman–Crippen LogP) is 3.73. The maximum Gasteiger partial charge on any atom is 0.253 e. The first-order chi connectivity index (χ1) is 12.8. The lowest BCUT2D eigenvalue weighted by Gasteiger charge is -2.38. The van der Waals surface area contributed by atoms with Crippen molar-refractivity contribution in [1.29, 1.82) is 0 Å². The third-order valence-electron chi connectivity index (χ3n) is 6.45. The molecule has 0 unspecified atom stereocenters. The van der Waals surface area contributed by atoms with E-state index in [4.69, 9.17) is 0 Å². The number of carbonyl (C=O) groups is 1. The van der Waals surface area contributed by atoms with Crippen molar-refractivity contribution in [2.75, 3.05) is 26.2 Å². The third kappa shape index (κ3) is 5.55. The summed E-state index contributed by atoms with van der Waals surface area (Å²) in [6.45, 7) is 10.3. The molecule has 2 heterocycles. The van der Waals surface area contributed by atoms with Gasteiger partial charge in [-0.2, -0.15) is 0 Å². The fraction of sp³-hybridized carbons (Fsp3) is 0.696. The molecular weight excluding hydrogens is 336 g/mol. The molecule has 0 saturated carbocycles. The Labute approximate surface area is 164 Å². The molecule has 2 saturated heterocycles. The first-order valence-electron chi connectivity index (χ1n) is 10.7. The number of aliphatic hydroxyl groups is 1. The van der Waals surface area contributed by atoms with E-state index in [-0.39, 0.29) is 5.91 Å². The summed E-state index contributed by atoms with van der Waals surface area (Å²) in [6.07, 6.45) is 6.47. The summed E-state index contributed by atoms with van der Waals surface area (Å²) in [5.41, 5.74) is 1.31. The Morgan fingerprint density at radius 1 is 1.11 bits per heavy atom. The van der Waals surface area contributed by atoms with E-state index in [1.807, 2.05) is 43.0 Å². The minimum Gasteiger partial charge on any atom is -0.390 e. The fourth-order valence-corrected chi connectivity index (χ4v) is 4.48. The molecule has 1 N–H and O–H groups in total. The van der Waals surface area contributed by atoms with Gasteiger partial charge < -0.3 is 14.9 Å². The molecule has 0 aliphatic carbocycles. The number of aryl methyl sites for hydroxylation is 1. The lowest BCUT2D eigenvalue weighted by atomic mass is 9.89. The second-order valence-electron chi connectivity index (χ2n) is 9.12. The van der Waals surface area contributed by atoms with E-state index in [2.05, 4.69) is 11.8 Å². The number of likely N-dealkylation sites (tertiary alicyclic amines) is 2. The van der Waals surface area contributed by atoms with E-state index in [1.54, 1.807) is 0 Å². The van der Waals surface area contributed by atoms with Crippen LogP contribution in [-0.2, 0) is 6.42 Å². The predicted molar refractivity (Wildman–Crippen MR) is 110 cm³/mol. The number of rotatable bonds is 6. The molecule has 2 fully saturated rings. The standard InChI is InChI=1S/C23H36N2O2/c1-18(24-14-4-5-15-24)20-11-16-25(17-12-20)22(26)21-8-6-19(7-9-21)10-13-23(2,3)27/h6-9,18,20,27H,4-5,10-17H2,1-3H3/t18-/m1/s1. The van der Waals surface area contributed by atoms with Crippen molar-refractivity contribution < 1.29 is 9.90 Å². The van der Waals surface area contributed by atoms with E-state index in [9.17, 15) is 9.90 Å². The maximum absolute atomic E-state index is 12.8. The Kier molecular flexibility index (Phi) is 6.59. The van der Waals surface area contributed by atoms with Crippen LogP contribution in [0.2, 0.25) is 0 Å².